The molecule has 6 heteroatoms. The van der Waals surface area contributed by atoms with Gasteiger partial charge in [-0.2, -0.15) is 0 Å². The van der Waals surface area contributed by atoms with Crippen molar-refractivity contribution >= 4 is 12.0 Å². The van der Waals surface area contributed by atoms with Crippen LogP contribution in [0.25, 0.3) is 0 Å². The van der Waals surface area contributed by atoms with Crippen LogP contribution in [0, 0.1) is 0 Å². The zero-order valence-electron chi connectivity index (χ0n) is 14.1. The molecule has 0 aliphatic carbocycles. The van der Waals surface area contributed by atoms with Crippen molar-refractivity contribution in [2.24, 2.45) is 0 Å². The molecule has 0 aromatic carbocycles. The summed E-state index contributed by atoms with van der Waals surface area (Å²) in [6, 6.07) is 0.246. The second kappa shape index (κ2) is 10.4. The Morgan fingerprint density at radius 2 is 2.05 bits per heavy atom. The van der Waals surface area contributed by atoms with Gasteiger partial charge < -0.3 is 19.7 Å². The molecule has 0 bridgehead atoms. The number of hydrogen-bond donors (Lipinski definition) is 1. The lowest BCUT2D eigenvalue weighted by molar-refractivity contribution is -0.133. The molecule has 22 heavy (non-hydrogen) atoms. The molecule has 1 fully saturated rings. The van der Waals surface area contributed by atoms with Crippen molar-refractivity contribution in [3.63, 3.8) is 0 Å². The SMILES string of the molecule is COC(=O)NCCCCCC(=O)N1CCCC1COC(C)C. The monoisotopic (exact) mass is 314 g/mol. The molecule has 0 radical (unpaired) electrons. The fourth-order valence-electron chi connectivity index (χ4n) is 2.63. The number of unbranched alkanes of at least 4 members (excludes halogenated alkanes) is 2. The van der Waals surface area contributed by atoms with Crippen molar-refractivity contribution < 1.29 is 19.1 Å². The smallest absolute Gasteiger partial charge is 0.406 e. The molecular weight excluding hydrogens is 284 g/mol. The summed E-state index contributed by atoms with van der Waals surface area (Å²) in [5, 5.41) is 2.64. The molecule has 128 valence electrons. The van der Waals surface area contributed by atoms with Gasteiger partial charge in [-0.05, 0) is 39.5 Å². The minimum Gasteiger partial charge on any atom is -0.453 e. The minimum atomic E-state index is -0.402. The largest absolute Gasteiger partial charge is 0.453 e. The molecule has 6 nitrogen and oxygen atoms in total. The maximum absolute atomic E-state index is 12.3. The topological polar surface area (TPSA) is 67.9 Å². The third-order valence-electron chi connectivity index (χ3n) is 3.84. The molecular formula is C16H30N2O4. The first-order valence-electron chi connectivity index (χ1n) is 8.27. The number of carbonyl (C=O) groups is 2. The number of likely N-dealkylation sites (tertiary alicyclic amines) is 1. The lowest BCUT2D eigenvalue weighted by Crippen LogP contribution is -2.38. The highest BCUT2D eigenvalue weighted by molar-refractivity contribution is 5.76. The van der Waals surface area contributed by atoms with Gasteiger partial charge in [0.15, 0.2) is 0 Å². The van der Waals surface area contributed by atoms with Crippen molar-refractivity contribution in [3.8, 4) is 0 Å². The third-order valence-corrected chi connectivity index (χ3v) is 3.84. The maximum Gasteiger partial charge on any atom is 0.406 e. The van der Waals surface area contributed by atoms with E-state index in [9.17, 15) is 9.59 Å². The van der Waals surface area contributed by atoms with E-state index in [1.54, 1.807) is 0 Å². The third kappa shape index (κ3) is 7.11. The highest BCUT2D eigenvalue weighted by Gasteiger charge is 2.28. The molecule has 0 saturated carbocycles. The van der Waals surface area contributed by atoms with Gasteiger partial charge >= 0.3 is 6.09 Å². The number of nitrogens with zero attached hydrogens (tertiary/aromatic N) is 1. The average molecular weight is 314 g/mol. The standard InChI is InChI=1S/C16H30N2O4/c1-13(2)22-12-14-8-7-11-18(14)15(19)9-5-4-6-10-17-16(20)21-3/h13-14H,4-12H2,1-3H3,(H,17,20). The second-order valence-corrected chi connectivity index (χ2v) is 5.99. The molecule has 1 saturated heterocycles. The Hall–Kier alpha value is -1.30. The van der Waals surface area contributed by atoms with Gasteiger partial charge in [0.2, 0.25) is 5.91 Å². The molecule has 1 rings (SSSR count). The number of ether oxygens (including phenoxy) is 2. The molecule has 1 aliphatic rings. The summed E-state index contributed by atoms with van der Waals surface area (Å²) < 4.78 is 10.1. The normalized spacial score (nSPS) is 17.8. The molecule has 1 atom stereocenters. The second-order valence-electron chi connectivity index (χ2n) is 5.99. The van der Waals surface area contributed by atoms with Crippen molar-refractivity contribution in [3.05, 3.63) is 0 Å². The Morgan fingerprint density at radius 1 is 1.27 bits per heavy atom. The zero-order valence-corrected chi connectivity index (χ0v) is 14.1. The fraction of sp³-hybridized carbons (Fsp3) is 0.875. The summed E-state index contributed by atoms with van der Waals surface area (Å²) >= 11 is 0. The van der Waals surface area contributed by atoms with Gasteiger partial charge in [-0.15, -0.1) is 0 Å². The van der Waals surface area contributed by atoms with Crippen LogP contribution >= 0.6 is 0 Å². The Balaban J connectivity index is 2.14. The van der Waals surface area contributed by atoms with Crippen LogP contribution in [-0.4, -0.2) is 55.9 Å². The van der Waals surface area contributed by atoms with Crippen molar-refractivity contribution in [1.29, 1.82) is 0 Å². The number of carbonyl (C=O) groups excluding carboxylic acids is 2. The van der Waals surface area contributed by atoms with Crippen LogP contribution in [0.3, 0.4) is 0 Å². The van der Waals surface area contributed by atoms with E-state index in [4.69, 9.17) is 4.74 Å². The van der Waals surface area contributed by atoms with Crippen LogP contribution in [0.15, 0.2) is 0 Å². The molecule has 0 spiro atoms. The first-order valence-corrected chi connectivity index (χ1v) is 8.27. The molecule has 1 unspecified atom stereocenters. The Bertz CT molecular complexity index is 347. The van der Waals surface area contributed by atoms with Gasteiger partial charge in [0.05, 0.1) is 25.9 Å². The molecule has 2 amide bonds. The number of alkyl carbamates (subject to hydrolysis) is 1. The van der Waals surface area contributed by atoms with Crippen molar-refractivity contribution in [2.45, 2.75) is 64.5 Å². The predicted octanol–water partition coefficient (Wildman–Crippen LogP) is 2.32. The molecule has 0 aromatic rings. The van der Waals surface area contributed by atoms with Gasteiger partial charge in [0.1, 0.15) is 0 Å². The van der Waals surface area contributed by atoms with Crippen LogP contribution in [0.5, 0.6) is 0 Å². The van der Waals surface area contributed by atoms with Crippen LogP contribution < -0.4 is 5.32 Å². The number of nitrogens with one attached hydrogen (secondary N) is 1. The Kier molecular flexibility index (Phi) is 8.89. The average Bonchev–Trinajstić information content (AvgIpc) is 2.96. The quantitative estimate of drug-likeness (QED) is 0.663. The lowest BCUT2D eigenvalue weighted by Gasteiger charge is -2.25. The first-order chi connectivity index (χ1) is 10.5. The van der Waals surface area contributed by atoms with Crippen LogP contribution in [0.1, 0.15) is 52.4 Å². The van der Waals surface area contributed by atoms with E-state index in [0.29, 0.717) is 19.6 Å². The summed E-state index contributed by atoms with van der Waals surface area (Å²) in [4.78, 5) is 25.1. The summed E-state index contributed by atoms with van der Waals surface area (Å²) in [6.45, 7) is 6.13. The molecule has 1 aliphatic heterocycles. The van der Waals surface area contributed by atoms with E-state index in [2.05, 4.69) is 10.1 Å². The van der Waals surface area contributed by atoms with Gasteiger partial charge in [0, 0.05) is 19.5 Å². The molecule has 1 N–H and O–H groups in total. The summed E-state index contributed by atoms with van der Waals surface area (Å²) in [5.41, 5.74) is 0. The minimum absolute atomic E-state index is 0.208. The predicted molar refractivity (Wildman–Crippen MR) is 84.7 cm³/mol. The first kappa shape index (κ1) is 18.7. The molecule has 0 aromatic heterocycles. The van der Waals surface area contributed by atoms with Crippen molar-refractivity contribution in [2.75, 3.05) is 26.8 Å². The zero-order chi connectivity index (χ0) is 16.4. The fourth-order valence-corrected chi connectivity index (χ4v) is 2.63. The van der Waals surface area contributed by atoms with Crippen LogP contribution in [0.4, 0.5) is 4.79 Å². The van der Waals surface area contributed by atoms with E-state index in [1.165, 1.54) is 7.11 Å². The Morgan fingerprint density at radius 3 is 2.73 bits per heavy atom. The van der Waals surface area contributed by atoms with Crippen LogP contribution in [0.2, 0.25) is 0 Å². The number of hydrogen-bond acceptors (Lipinski definition) is 4. The maximum atomic E-state index is 12.3. The summed E-state index contributed by atoms with van der Waals surface area (Å²) in [6.07, 6.45) is 5.15. The summed E-state index contributed by atoms with van der Waals surface area (Å²) in [7, 11) is 1.35. The van der Waals surface area contributed by atoms with E-state index in [0.717, 1.165) is 38.6 Å². The highest BCUT2D eigenvalue weighted by Crippen LogP contribution is 2.19. The molecule has 1 heterocycles. The number of rotatable bonds is 9. The van der Waals surface area contributed by atoms with Gasteiger partial charge in [-0.3, -0.25) is 4.79 Å². The van der Waals surface area contributed by atoms with Crippen LogP contribution in [-0.2, 0) is 14.3 Å². The van der Waals surface area contributed by atoms with Gasteiger partial charge in [0.25, 0.3) is 0 Å². The van der Waals surface area contributed by atoms with E-state index in [1.807, 2.05) is 18.7 Å². The van der Waals surface area contributed by atoms with E-state index < -0.39 is 6.09 Å². The van der Waals surface area contributed by atoms with Gasteiger partial charge in [-0.25, -0.2) is 4.79 Å². The number of methoxy groups -OCH3 is 1. The van der Waals surface area contributed by atoms with Crippen molar-refractivity contribution in [1.82, 2.24) is 10.2 Å². The number of amides is 2. The Labute approximate surface area is 133 Å². The summed E-state index contributed by atoms with van der Waals surface area (Å²) in [5.74, 6) is 0.232. The highest BCUT2D eigenvalue weighted by atomic mass is 16.5. The lowest BCUT2D eigenvalue weighted by atomic mass is 10.1. The van der Waals surface area contributed by atoms with Gasteiger partial charge in [-0.1, -0.05) is 6.42 Å². The van der Waals surface area contributed by atoms with E-state index >= 15 is 0 Å². The van der Waals surface area contributed by atoms with E-state index in [-0.39, 0.29) is 18.1 Å².